The third-order valence-electron chi connectivity index (χ3n) is 8.43. The van der Waals surface area contributed by atoms with Gasteiger partial charge >= 0.3 is 18.4 Å². The summed E-state index contributed by atoms with van der Waals surface area (Å²) in [7, 11) is 0. The molecule has 0 aliphatic rings. The number of benzene rings is 4. The molecule has 0 aliphatic carbocycles. The van der Waals surface area contributed by atoms with Crippen LogP contribution in [0.25, 0.3) is 35.4 Å². The molecule has 0 aromatic heterocycles. The smallest absolute Gasteiger partial charge is 0.416 e. The number of hydrogen-bond acceptors (Lipinski definition) is 5. The van der Waals surface area contributed by atoms with Gasteiger partial charge in [0, 0.05) is 31.7 Å². The highest BCUT2D eigenvalue weighted by atomic mass is 35.5. The predicted molar refractivity (Wildman–Crippen MR) is 205 cm³/mol. The summed E-state index contributed by atoms with van der Waals surface area (Å²) >= 11 is 6.88. The van der Waals surface area contributed by atoms with Crippen molar-refractivity contribution in [1.29, 1.82) is 0 Å². The fourth-order valence-electron chi connectivity index (χ4n) is 5.81. The minimum absolute atomic E-state index is 0.0287. The molecule has 4 rings (SSSR count). The lowest BCUT2D eigenvalue weighted by Gasteiger charge is -2.27. The van der Waals surface area contributed by atoms with Crippen LogP contribution in [0.5, 0.6) is 0 Å². The first kappa shape index (κ1) is 43.1. The van der Waals surface area contributed by atoms with Gasteiger partial charge in [-0.25, -0.2) is 4.79 Å². The Kier molecular flexibility index (Phi) is 14.4. The predicted octanol–water partition coefficient (Wildman–Crippen LogP) is 10.5. The molecule has 0 saturated carbocycles. The molecule has 3 N–H and O–H groups in total. The summed E-state index contributed by atoms with van der Waals surface area (Å²) in [5.41, 5.74) is 1.24. The monoisotopic (exact) mass is 788 g/mol. The minimum atomic E-state index is -4.69. The van der Waals surface area contributed by atoms with Gasteiger partial charge < -0.3 is 25.2 Å². The fraction of sp³-hybridized carbons (Fsp3) is 0.310. The van der Waals surface area contributed by atoms with Crippen molar-refractivity contribution in [3.05, 3.63) is 128 Å². The van der Waals surface area contributed by atoms with E-state index in [1.54, 1.807) is 70.2 Å². The van der Waals surface area contributed by atoms with Gasteiger partial charge in [0.2, 0.25) is 0 Å². The van der Waals surface area contributed by atoms with Gasteiger partial charge in [-0.3, -0.25) is 0 Å². The number of nitrogens with one attached hydrogen (secondary N) is 1. The summed E-state index contributed by atoms with van der Waals surface area (Å²) < 4.78 is 89.5. The first-order chi connectivity index (χ1) is 25.8. The molecule has 0 spiro atoms. The van der Waals surface area contributed by atoms with Crippen molar-refractivity contribution in [1.82, 2.24) is 10.2 Å². The van der Waals surface area contributed by atoms with Crippen LogP contribution in [0.2, 0.25) is 5.02 Å². The number of alkyl halides is 6. The molecule has 4 aromatic rings. The molecule has 0 unspecified atom stereocenters. The molecular formula is C42H43ClF6N2O4. The maximum atomic E-state index is 14.1. The SMILES string of the molecule is Cc1c(/C=C/c2cc(CNCCO)ccc2C(F)(F)F)cccc1-c1cccc(/C=C/c2cc(CN(CCO)C(=O)OC(C)(C)C)ccc2C(F)(F)F)c1Cl. The summed E-state index contributed by atoms with van der Waals surface area (Å²) in [6, 6.07) is 17.8. The number of hydrogen-bond donors (Lipinski definition) is 3. The van der Waals surface area contributed by atoms with E-state index in [0.29, 0.717) is 45.5 Å². The second kappa shape index (κ2) is 18.3. The Balaban J connectivity index is 1.68. The lowest BCUT2D eigenvalue weighted by atomic mass is 9.94. The second-order valence-corrected chi connectivity index (χ2v) is 14.1. The molecule has 0 fully saturated rings. The summed E-state index contributed by atoms with van der Waals surface area (Å²) in [4.78, 5) is 13.9. The molecule has 55 heavy (non-hydrogen) atoms. The van der Waals surface area contributed by atoms with Gasteiger partial charge in [0.1, 0.15) is 5.60 Å². The van der Waals surface area contributed by atoms with Gasteiger partial charge in [0.25, 0.3) is 0 Å². The van der Waals surface area contributed by atoms with Crippen molar-refractivity contribution in [2.45, 2.75) is 58.7 Å². The van der Waals surface area contributed by atoms with Crippen LogP contribution in [-0.2, 0) is 30.2 Å². The highest BCUT2D eigenvalue weighted by molar-refractivity contribution is 6.35. The van der Waals surface area contributed by atoms with E-state index in [1.165, 1.54) is 47.4 Å². The Hall–Kier alpha value is -4.62. The van der Waals surface area contributed by atoms with E-state index in [0.717, 1.165) is 12.1 Å². The fourth-order valence-corrected chi connectivity index (χ4v) is 6.10. The van der Waals surface area contributed by atoms with Crippen LogP contribution in [-0.4, -0.2) is 53.1 Å². The Bertz CT molecular complexity index is 2020. The molecule has 0 aliphatic heterocycles. The zero-order valence-corrected chi connectivity index (χ0v) is 31.5. The van der Waals surface area contributed by atoms with Crippen LogP contribution in [0.15, 0.2) is 72.8 Å². The lowest BCUT2D eigenvalue weighted by Crippen LogP contribution is -2.38. The molecule has 1 amide bonds. The molecule has 0 heterocycles. The van der Waals surface area contributed by atoms with Crippen LogP contribution in [0, 0.1) is 6.92 Å². The number of carbonyl (C=O) groups is 1. The van der Waals surface area contributed by atoms with Crippen LogP contribution >= 0.6 is 11.6 Å². The summed E-state index contributed by atoms with van der Waals surface area (Å²) in [5.74, 6) is 0. The third kappa shape index (κ3) is 11.9. The number of halogens is 7. The Labute approximate surface area is 321 Å². The molecule has 0 radical (unpaired) electrons. The van der Waals surface area contributed by atoms with Crippen molar-refractivity contribution >= 4 is 42.0 Å². The third-order valence-corrected chi connectivity index (χ3v) is 8.86. The molecule has 0 bridgehead atoms. The second-order valence-electron chi connectivity index (χ2n) is 13.8. The number of carbonyl (C=O) groups excluding carboxylic acids is 1. The van der Waals surface area contributed by atoms with Crippen molar-refractivity contribution in [3.8, 4) is 11.1 Å². The summed E-state index contributed by atoms with van der Waals surface area (Å²) in [5, 5.41) is 21.8. The van der Waals surface area contributed by atoms with Crippen molar-refractivity contribution in [2.24, 2.45) is 0 Å². The minimum Gasteiger partial charge on any atom is -0.444 e. The zero-order valence-electron chi connectivity index (χ0n) is 30.8. The first-order valence-corrected chi connectivity index (χ1v) is 17.8. The number of ether oxygens (including phenoxy) is 1. The molecule has 294 valence electrons. The molecule has 0 atom stereocenters. The van der Waals surface area contributed by atoms with E-state index < -0.39 is 35.2 Å². The largest absolute Gasteiger partial charge is 0.444 e. The topological polar surface area (TPSA) is 82.0 Å². The van der Waals surface area contributed by atoms with Crippen LogP contribution in [0.4, 0.5) is 31.1 Å². The van der Waals surface area contributed by atoms with E-state index in [4.69, 9.17) is 21.4 Å². The maximum Gasteiger partial charge on any atom is 0.416 e. The lowest BCUT2D eigenvalue weighted by molar-refractivity contribution is -0.138. The van der Waals surface area contributed by atoms with Gasteiger partial charge in [0.05, 0.1) is 29.4 Å². The number of nitrogens with zero attached hydrogens (tertiary/aromatic N) is 1. The summed E-state index contributed by atoms with van der Waals surface area (Å²) in [6.45, 7) is 6.71. The molecule has 4 aromatic carbocycles. The van der Waals surface area contributed by atoms with Crippen LogP contribution < -0.4 is 5.32 Å². The normalized spacial score (nSPS) is 12.5. The number of amides is 1. The van der Waals surface area contributed by atoms with Gasteiger partial charge in [-0.1, -0.05) is 84.4 Å². The highest BCUT2D eigenvalue weighted by Gasteiger charge is 2.34. The highest BCUT2D eigenvalue weighted by Crippen LogP contribution is 2.38. The molecule has 6 nitrogen and oxygen atoms in total. The average molecular weight is 789 g/mol. The van der Waals surface area contributed by atoms with Gasteiger partial charge in [-0.15, -0.1) is 0 Å². The van der Waals surface area contributed by atoms with E-state index in [9.17, 15) is 36.2 Å². The molecule has 13 heteroatoms. The van der Waals surface area contributed by atoms with Gasteiger partial charge in [-0.2, -0.15) is 26.3 Å². The molecular weight excluding hydrogens is 746 g/mol. The number of rotatable bonds is 13. The van der Waals surface area contributed by atoms with Crippen molar-refractivity contribution in [2.75, 3.05) is 26.3 Å². The van der Waals surface area contributed by atoms with Crippen molar-refractivity contribution in [3.63, 3.8) is 0 Å². The molecule has 0 saturated heterocycles. The van der Waals surface area contributed by atoms with E-state index >= 15 is 0 Å². The van der Waals surface area contributed by atoms with E-state index in [1.807, 2.05) is 0 Å². The van der Waals surface area contributed by atoms with Gasteiger partial charge in [0.15, 0.2) is 0 Å². The van der Waals surface area contributed by atoms with Gasteiger partial charge in [-0.05, 0) is 96.5 Å². The quantitative estimate of drug-likeness (QED) is 0.0714. The Morgan fingerprint density at radius 2 is 1.27 bits per heavy atom. The Morgan fingerprint density at radius 1 is 0.745 bits per heavy atom. The van der Waals surface area contributed by atoms with Crippen LogP contribution in [0.3, 0.4) is 0 Å². The van der Waals surface area contributed by atoms with Crippen molar-refractivity contribution < 1.29 is 46.1 Å². The Morgan fingerprint density at radius 3 is 1.84 bits per heavy atom. The summed E-state index contributed by atoms with van der Waals surface area (Å²) in [6.07, 6.45) is -4.27. The standard InChI is InChI=1S/C42H43ClF6N2O4/c1-27-30(13-15-32-23-28(25-50-19-21-52)11-17-36(32)41(44,45)46)7-5-9-34(27)35-10-6-8-31(38(35)43)14-16-33-24-29(12-18-37(33)42(47,48)49)26-51(20-22-53)39(54)55-40(2,3)4/h5-18,23-24,50,52-53H,19-22,25-26H2,1-4H3/b15-13+,16-14+. The first-order valence-electron chi connectivity index (χ1n) is 17.4. The number of aliphatic hydroxyl groups excluding tert-OH is 2. The van der Waals surface area contributed by atoms with E-state index in [-0.39, 0.29) is 49.0 Å². The maximum absolute atomic E-state index is 14.1. The average Bonchev–Trinajstić information content (AvgIpc) is 3.09. The van der Waals surface area contributed by atoms with E-state index in [2.05, 4.69) is 5.32 Å². The van der Waals surface area contributed by atoms with Crippen LogP contribution in [0.1, 0.15) is 70.8 Å². The zero-order chi connectivity index (χ0) is 40.6. The number of aliphatic hydroxyl groups is 2.